The fourth-order valence-corrected chi connectivity index (χ4v) is 2.89. The smallest absolute Gasteiger partial charge is 0.326 e. The number of carboxylic acids is 1. The molecule has 0 aromatic rings. The van der Waals surface area contributed by atoms with Crippen molar-refractivity contribution in [3.63, 3.8) is 0 Å². The summed E-state index contributed by atoms with van der Waals surface area (Å²) < 4.78 is 4.64. The molecule has 0 spiro atoms. The highest BCUT2D eigenvalue weighted by Gasteiger charge is 2.43. The van der Waals surface area contributed by atoms with Gasteiger partial charge in [0.2, 0.25) is 5.91 Å². The number of thiocarbonyl (C=S) groups is 1. The SMILES string of the molecule is COC(=O)C1CCC(=O)C1C(=S)CC(NC(C)=O)C(=O)O. The Morgan fingerprint density at radius 2 is 2.10 bits per heavy atom. The largest absolute Gasteiger partial charge is 0.480 e. The van der Waals surface area contributed by atoms with Gasteiger partial charge in [-0.05, 0) is 6.42 Å². The highest BCUT2D eigenvalue weighted by Crippen LogP contribution is 2.32. The lowest BCUT2D eigenvalue weighted by Gasteiger charge is -2.20. The molecule has 7 nitrogen and oxygen atoms in total. The van der Waals surface area contributed by atoms with E-state index in [4.69, 9.17) is 17.3 Å². The number of carboxylic acid groups (broad SMARTS) is 1. The zero-order chi connectivity index (χ0) is 16.2. The summed E-state index contributed by atoms with van der Waals surface area (Å²) in [6, 6.07) is -1.21. The molecule has 0 aliphatic heterocycles. The van der Waals surface area contributed by atoms with Gasteiger partial charge in [0.1, 0.15) is 11.8 Å². The van der Waals surface area contributed by atoms with E-state index >= 15 is 0 Å². The quantitative estimate of drug-likeness (QED) is 0.528. The standard InChI is InChI=1S/C13H17NO6S/c1-6(15)14-8(12(17)18)5-10(21)11-7(13(19)20-2)3-4-9(11)16/h7-8,11H,3-5H2,1-2H3,(H,14,15)(H,17,18). The summed E-state index contributed by atoms with van der Waals surface area (Å²) in [5, 5.41) is 11.3. The highest BCUT2D eigenvalue weighted by molar-refractivity contribution is 7.80. The van der Waals surface area contributed by atoms with Crippen LogP contribution in [0.2, 0.25) is 0 Å². The van der Waals surface area contributed by atoms with Crippen molar-refractivity contribution in [2.75, 3.05) is 7.11 Å². The maximum absolute atomic E-state index is 11.9. The molecule has 0 aromatic heterocycles. The van der Waals surface area contributed by atoms with Gasteiger partial charge >= 0.3 is 11.9 Å². The van der Waals surface area contributed by atoms with E-state index in [1.807, 2.05) is 0 Å². The Morgan fingerprint density at radius 1 is 1.48 bits per heavy atom. The predicted octanol–water partition coefficient (Wildman–Crippen LogP) is 0.104. The third-order valence-electron chi connectivity index (χ3n) is 3.38. The number of nitrogens with one attached hydrogen (secondary N) is 1. The Hall–Kier alpha value is -1.83. The zero-order valence-corrected chi connectivity index (χ0v) is 12.6. The van der Waals surface area contributed by atoms with Crippen LogP contribution in [0.25, 0.3) is 0 Å². The molecule has 1 fully saturated rings. The second kappa shape index (κ2) is 7.26. The normalized spacial score (nSPS) is 22.5. The van der Waals surface area contributed by atoms with E-state index in [1.54, 1.807) is 0 Å². The molecule has 0 aromatic carbocycles. The van der Waals surface area contributed by atoms with Gasteiger partial charge in [0.15, 0.2) is 0 Å². The monoisotopic (exact) mass is 315 g/mol. The van der Waals surface area contributed by atoms with Crippen LogP contribution < -0.4 is 5.32 Å². The van der Waals surface area contributed by atoms with Crippen molar-refractivity contribution in [3.05, 3.63) is 0 Å². The van der Waals surface area contributed by atoms with Crippen molar-refractivity contribution in [1.82, 2.24) is 5.32 Å². The predicted molar refractivity (Wildman–Crippen MR) is 75.7 cm³/mol. The molecular weight excluding hydrogens is 298 g/mol. The number of carbonyl (C=O) groups is 4. The average Bonchev–Trinajstić information content (AvgIpc) is 2.78. The number of esters is 1. The third kappa shape index (κ3) is 4.32. The van der Waals surface area contributed by atoms with E-state index in [9.17, 15) is 19.2 Å². The van der Waals surface area contributed by atoms with Crippen LogP contribution in [0.5, 0.6) is 0 Å². The first-order valence-electron chi connectivity index (χ1n) is 6.41. The first-order chi connectivity index (χ1) is 9.77. The van der Waals surface area contributed by atoms with Gasteiger partial charge in [0, 0.05) is 24.6 Å². The van der Waals surface area contributed by atoms with Crippen LogP contribution in [0.1, 0.15) is 26.2 Å². The summed E-state index contributed by atoms with van der Waals surface area (Å²) in [5.41, 5.74) is 0. The molecule has 3 unspecified atom stereocenters. The Balaban J connectivity index is 2.84. The lowest BCUT2D eigenvalue weighted by Crippen LogP contribution is -2.43. The van der Waals surface area contributed by atoms with Gasteiger partial charge in [0.05, 0.1) is 18.9 Å². The fourth-order valence-electron chi connectivity index (χ4n) is 2.43. The van der Waals surface area contributed by atoms with Crippen molar-refractivity contribution in [1.29, 1.82) is 0 Å². The molecule has 3 atom stereocenters. The average molecular weight is 315 g/mol. The second-order valence-corrected chi connectivity index (χ2v) is 5.40. The van der Waals surface area contributed by atoms with Crippen LogP contribution in [-0.4, -0.2) is 46.8 Å². The Kier molecular flexibility index (Phi) is 5.95. The minimum atomic E-state index is -1.24. The van der Waals surface area contributed by atoms with E-state index in [0.29, 0.717) is 6.42 Å². The van der Waals surface area contributed by atoms with E-state index in [2.05, 4.69) is 10.1 Å². The maximum atomic E-state index is 11.9. The van der Waals surface area contributed by atoms with Crippen LogP contribution in [0.3, 0.4) is 0 Å². The fraction of sp³-hybridized carbons (Fsp3) is 0.615. The van der Waals surface area contributed by atoms with E-state index < -0.39 is 35.7 Å². The van der Waals surface area contributed by atoms with Crippen LogP contribution in [-0.2, 0) is 23.9 Å². The van der Waals surface area contributed by atoms with Crippen LogP contribution >= 0.6 is 12.2 Å². The van der Waals surface area contributed by atoms with Crippen molar-refractivity contribution < 1.29 is 29.0 Å². The Labute approximate surface area is 127 Å². The molecule has 1 amide bonds. The molecule has 1 rings (SSSR count). The summed E-state index contributed by atoms with van der Waals surface area (Å²) >= 11 is 5.14. The number of ether oxygens (including phenoxy) is 1. The number of hydrogen-bond donors (Lipinski definition) is 2. The number of ketones is 1. The number of methoxy groups -OCH3 is 1. The second-order valence-electron chi connectivity index (χ2n) is 4.87. The van der Waals surface area contributed by atoms with Gasteiger partial charge in [-0.2, -0.15) is 0 Å². The third-order valence-corrected chi connectivity index (χ3v) is 3.80. The first kappa shape index (κ1) is 17.2. The highest BCUT2D eigenvalue weighted by atomic mass is 32.1. The van der Waals surface area contributed by atoms with Crippen LogP contribution in [0.15, 0.2) is 0 Å². The summed E-state index contributed by atoms with van der Waals surface area (Å²) in [4.78, 5) is 45.8. The molecule has 8 heteroatoms. The molecule has 116 valence electrons. The maximum Gasteiger partial charge on any atom is 0.326 e. The van der Waals surface area contributed by atoms with Crippen LogP contribution in [0, 0.1) is 11.8 Å². The summed E-state index contributed by atoms with van der Waals surface area (Å²) in [5.74, 6) is -3.95. The topological polar surface area (TPSA) is 110 Å². The summed E-state index contributed by atoms with van der Waals surface area (Å²) in [6.07, 6.45) is 0.380. The molecule has 21 heavy (non-hydrogen) atoms. The number of amides is 1. The molecule has 0 bridgehead atoms. The molecular formula is C13H17NO6S. The van der Waals surface area contributed by atoms with Gasteiger partial charge in [-0.25, -0.2) is 4.79 Å². The molecule has 1 aliphatic carbocycles. The molecule has 0 radical (unpaired) electrons. The Bertz CT molecular complexity index is 489. The molecule has 0 saturated heterocycles. The number of carbonyl (C=O) groups excluding carboxylic acids is 3. The van der Waals surface area contributed by atoms with Gasteiger partial charge in [-0.15, -0.1) is 0 Å². The minimum Gasteiger partial charge on any atom is -0.480 e. The van der Waals surface area contributed by atoms with E-state index in [1.165, 1.54) is 14.0 Å². The number of hydrogen-bond acceptors (Lipinski definition) is 6. The Morgan fingerprint density at radius 3 is 2.57 bits per heavy atom. The van der Waals surface area contributed by atoms with E-state index in [0.717, 1.165) is 0 Å². The summed E-state index contributed by atoms with van der Waals surface area (Å²) in [6.45, 7) is 1.19. The van der Waals surface area contributed by atoms with Crippen molar-refractivity contribution in [2.24, 2.45) is 11.8 Å². The van der Waals surface area contributed by atoms with Gasteiger partial charge in [-0.1, -0.05) is 12.2 Å². The minimum absolute atomic E-state index is 0.161. The van der Waals surface area contributed by atoms with E-state index in [-0.39, 0.29) is 23.5 Å². The van der Waals surface area contributed by atoms with Gasteiger partial charge in [-0.3, -0.25) is 14.4 Å². The van der Waals surface area contributed by atoms with Crippen molar-refractivity contribution >= 4 is 40.7 Å². The summed E-state index contributed by atoms with van der Waals surface area (Å²) in [7, 11) is 1.22. The van der Waals surface area contributed by atoms with Gasteiger partial charge in [0.25, 0.3) is 0 Å². The molecule has 1 saturated carbocycles. The molecule has 1 aliphatic rings. The van der Waals surface area contributed by atoms with Gasteiger partial charge < -0.3 is 15.2 Å². The van der Waals surface area contributed by atoms with Crippen molar-refractivity contribution in [2.45, 2.75) is 32.2 Å². The van der Waals surface area contributed by atoms with Crippen LogP contribution in [0.4, 0.5) is 0 Å². The lowest BCUT2D eigenvalue weighted by molar-refractivity contribution is -0.146. The number of rotatable bonds is 6. The molecule has 2 N–H and O–H groups in total. The first-order valence-corrected chi connectivity index (χ1v) is 6.82. The number of aliphatic carboxylic acids is 1. The lowest BCUT2D eigenvalue weighted by atomic mass is 9.89. The number of Topliss-reactive ketones (excluding diaryl/α,β-unsaturated/α-hetero) is 1. The zero-order valence-electron chi connectivity index (χ0n) is 11.8. The van der Waals surface area contributed by atoms with Crippen molar-refractivity contribution in [3.8, 4) is 0 Å². The molecule has 0 heterocycles.